The Bertz CT molecular complexity index is 175. The summed E-state index contributed by atoms with van der Waals surface area (Å²) in [6.07, 6.45) is 2.40. The molecule has 1 fully saturated rings. The molecule has 0 amide bonds. The molecule has 0 aromatic rings. The van der Waals surface area contributed by atoms with Gasteiger partial charge in [-0.25, -0.2) is 0 Å². The quantitative estimate of drug-likeness (QED) is 0.406. The number of allylic oxidation sites excluding steroid dienone is 1. The zero-order valence-corrected chi connectivity index (χ0v) is 8.35. The van der Waals surface area contributed by atoms with E-state index < -0.39 is 12.2 Å². The van der Waals surface area contributed by atoms with Gasteiger partial charge in [0, 0.05) is 13.2 Å². The molecule has 0 bridgehead atoms. The Morgan fingerprint density at radius 3 is 2.86 bits per heavy atom. The van der Waals surface area contributed by atoms with Crippen molar-refractivity contribution >= 4 is 0 Å². The van der Waals surface area contributed by atoms with Gasteiger partial charge in [0.2, 0.25) is 0 Å². The van der Waals surface area contributed by atoms with E-state index in [2.05, 4.69) is 11.9 Å². The molecule has 0 radical (unpaired) electrons. The molecule has 0 aliphatic carbocycles. The number of nitrogens with one attached hydrogen (secondary N) is 1. The fourth-order valence-corrected chi connectivity index (χ4v) is 1.48. The first-order chi connectivity index (χ1) is 6.75. The first kappa shape index (κ1) is 11.7. The maximum Gasteiger partial charge on any atom is 0.0986 e. The number of β-amino-alcohol motifs (C(OH)–C–C–N with tert-alkyl or cyclic N) is 1. The van der Waals surface area contributed by atoms with Gasteiger partial charge < -0.3 is 20.3 Å². The van der Waals surface area contributed by atoms with Crippen molar-refractivity contribution in [2.45, 2.75) is 31.1 Å². The number of ether oxygens (including phenoxy) is 1. The van der Waals surface area contributed by atoms with Crippen molar-refractivity contribution in [3.8, 4) is 0 Å². The molecule has 4 heteroatoms. The zero-order valence-electron chi connectivity index (χ0n) is 8.35. The summed E-state index contributed by atoms with van der Waals surface area (Å²) in [5, 5.41) is 21.7. The zero-order chi connectivity index (χ0) is 10.4. The number of hydrogen-bond acceptors (Lipinski definition) is 4. The van der Waals surface area contributed by atoms with Crippen LogP contribution in [0.4, 0.5) is 0 Å². The van der Waals surface area contributed by atoms with E-state index in [-0.39, 0.29) is 6.04 Å². The standard InChI is InChI=1S/C10H19NO3/c1-2-3-4-5-14-7-8-10(13)9(12)6-11-8/h2,8-13H,1,3-7H2/t8-,9+,10-/m1/s1. The van der Waals surface area contributed by atoms with Gasteiger partial charge in [-0.3, -0.25) is 0 Å². The van der Waals surface area contributed by atoms with Crippen LogP contribution >= 0.6 is 0 Å². The second-order valence-electron chi connectivity index (χ2n) is 3.58. The summed E-state index contributed by atoms with van der Waals surface area (Å²) >= 11 is 0. The smallest absolute Gasteiger partial charge is 0.0986 e. The Morgan fingerprint density at radius 2 is 2.29 bits per heavy atom. The van der Waals surface area contributed by atoms with E-state index >= 15 is 0 Å². The lowest BCUT2D eigenvalue weighted by Crippen LogP contribution is -2.37. The van der Waals surface area contributed by atoms with Crippen molar-refractivity contribution in [1.29, 1.82) is 0 Å². The van der Waals surface area contributed by atoms with Gasteiger partial charge in [0.05, 0.1) is 24.9 Å². The Labute approximate surface area is 84.6 Å². The van der Waals surface area contributed by atoms with Gasteiger partial charge in [0.15, 0.2) is 0 Å². The van der Waals surface area contributed by atoms with Crippen molar-refractivity contribution in [3.05, 3.63) is 12.7 Å². The second-order valence-corrected chi connectivity index (χ2v) is 3.58. The number of hydrogen-bond donors (Lipinski definition) is 3. The molecule has 1 aliphatic heterocycles. The SMILES string of the molecule is C=CCCCOC[C@H]1NC[C@H](O)[C@@H]1O. The first-order valence-electron chi connectivity index (χ1n) is 5.04. The number of aliphatic hydroxyl groups is 2. The molecule has 0 spiro atoms. The number of rotatable bonds is 6. The van der Waals surface area contributed by atoms with Gasteiger partial charge in [-0.15, -0.1) is 6.58 Å². The average Bonchev–Trinajstić information content (AvgIpc) is 2.49. The molecule has 82 valence electrons. The van der Waals surface area contributed by atoms with Crippen LogP contribution in [0.1, 0.15) is 12.8 Å². The lowest BCUT2D eigenvalue weighted by molar-refractivity contribution is 0.0151. The molecule has 14 heavy (non-hydrogen) atoms. The molecule has 0 unspecified atom stereocenters. The topological polar surface area (TPSA) is 61.7 Å². The predicted octanol–water partition coefficient (Wildman–Crippen LogP) is -0.337. The Morgan fingerprint density at radius 1 is 1.50 bits per heavy atom. The first-order valence-corrected chi connectivity index (χ1v) is 5.04. The minimum atomic E-state index is -0.700. The van der Waals surface area contributed by atoms with Crippen molar-refractivity contribution in [2.75, 3.05) is 19.8 Å². The molecule has 3 N–H and O–H groups in total. The van der Waals surface area contributed by atoms with Crippen LogP contribution in [0, 0.1) is 0 Å². The monoisotopic (exact) mass is 201 g/mol. The summed E-state index contributed by atoms with van der Waals surface area (Å²) in [7, 11) is 0. The molecule has 0 saturated carbocycles. The third kappa shape index (κ3) is 3.38. The minimum absolute atomic E-state index is 0.131. The van der Waals surface area contributed by atoms with Crippen LogP contribution in [-0.2, 0) is 4.74 Å². The van der Waals surface area contributed by atoms with Crippen LogP contribution in [0.3, 0.4) is 0 Å². The summed E-state index contributed by atoms with van der Waals surface area (Å²) in [6.45, 7) is 5.19. The maximum absolute atomic E-state index is 9.45. The highest BCUT2D eigenvalue weighted by Gasteiger charge is 2.32. The van der Waals surface area contributed by atoms with E-state index in [9.17, 15) is 10.2 Å². The van der Waals surface area contributed by atoms with Crippen LogP contribution in [0.2, 0.25) is 0 Å². The van der Waals surface area contributed by atoms with Gasteiger partial charge in [-0.05, 0) is 12.8 Å². The van der Waals surface area contributed by atoms with Gasteiger partial charge in [0.25, 0.3) is 0 Å². The summed E-state index contributed by atoms with van der Waals surface area (Å²) in [5.74, 6) is 0. The molecular weight excluding hydrogens is 182 g/mol. The lowest BCUT2D eigenvalue weighted by atomic mass is 10.1. The molecule has 0 aromatic carbocycles. The molecule has 3 atom stereocenters. The Kier molecular flexibility index (Phi) is 5.11. The van der Waals surface area contributed by atoms with Crippen LogP contribution in [0.5, 0.6) is 0 Å². The highest BCUT2D eigenvalue weighted by Crippen LogP contribution is 2.08. The van der Waals surface area contributed by atoms with E-state index in [0.29, 0.717) is 19.8 Å². The summed E-state index contributed by atoms with van der Waals surface area (Å²) in [6, 6.07) is -0.131. The molecule has 0 aromatic heterocycles. The van der Waals surface area contributed by atoms with Gasteiger partial charge in [0.1, 0.15) is 0 Å². The third-order valence-corrected chi connectivity index (χ3v) is 2.39. The summed E-state index contributed by atoms with van der Waals surface area (Å²) < 4.78 is 5.36. The maximum atomic E-state index is 9.45. The van der Waals surface area contributed by atoms with Crippen molar-refractivity contribution in [3.63, 3.8) is 0 Å². The fourth-order valence-electron chi connectivity index (χ4n) is 1.48. The van der Waals surface area contributed by atoms with Crippen LogP contribution in [0.15, 0.2) is 12.7 Å². The highest BCUT2D eigenvalue weighted by molar-refractivity contribution is 4.90. The van der Waals surface area contributed by atoms with E-state index in [0.717, 1.165) is 12.8 Å². The van der Waals surface area contributed by atoms with Gasteiger partial charge in [-0.1, -0.05) is 6.08 Å². The van der Waals surface area contributed by atoms with Gasteiger partial charge >= 0.3 is 0 Å². The van der Waals surface area contributed by atoms with E-state index in [1.165, 1.54) is 0 Å². The van der Waals surface area contributed by atoms with Crippen LogP contribution in [-0.4, -0.2) is 48.2 Å². The van der Waals surface area contributed by atoms with E-state index in [4.69, 9.17) is 4.74 Å². The summed E-state index contributed by atoms with van der Waals surface area (Å²) in [4.78, 5) is 0. The normalized spacial score (nSPS) is 32.0. The molecular formula is C10H19NO3. The van der Waals surface area contributed by atoms with Crippen LogP contribution in [0.25, 0.3) is 0 Å². The second kappa shape index (κ2) is 6.14. The Balaban J connectivity index is 2.04. The number of unbranched alkanes of at least 4 members (excludes halogenated alkanes) is 1. The molecule has 1 aliphatic rings. The van der Waals surface area contributed by atoms with Crippen LogP contribution < -0.4 is 5.32 Å². The molecule has 1 heterocycles. The minimum Gasteiger partial charge on any atom is -0.389 e. The fraction of sp³-hybridized carbons (Fsp3) is 0.800. The molecule has 1 rings (SSSR count). The van der Waals surface area contributed by atoms with E-state index in [1.807, 2.05) is 6.08 Å². The number of aliphatic hydroxyl groups excluding tert-OH is 2. The summed E-state index contributed by atoms with van der Waals surface area (Å²) in [5.41, 5.74) is 0. The highest BCUT2D eigenvalue weighted by atomic mass is 16.5. The third-order valence-electron chi connectivity index (χ3n) is 2.39. The Hall–Kier alpha value is -0.420. The van der Waals surface area contributed by atoms with Crippen molar-refractivity contribution in [2.24, 2.45) is 0 Å². The average molecular weight is 201 g/mol. The van der Waals surface area contributed by atoms with E-state index in [1.54, 1.807) is 0 Å². The van der Waals surface area contributed by atoms with Crippen molar-refractivity contribution < 1.29 is 14.9 Å². The lowest BCUT2D eigenvalue weighted by Gasteiger charge is -2.15. The predicted molar refractivity (Wildman–Crippen MR) is 54.1 cm³/mol. The largest absolute Gasteiger partial charge is 0.389 e. The van der Waals surface area contributed by atoms with Gasteiger partial charge in [-0.2, -0.15) is 0 Å². The van der Waals surface area contributed by atoms with Crippen molar-refractivity contribution in [1.82, 2.24) is 5.32 Å². The molecule has 1 saturated heterocycles. The molecule has 4 nitrogen and oxygen atoms in total.